The van der Waals surface area contributed by atoms with Crippen LogP contribution in [0.4, 0.5) is 5.00 Å². The van der Waals surface area contributed by atoms with Crippen molar-refractivity contribution in [3.05, 3.63) is 57.1 Å². The molecule has 3 heterocycles. The zero-order chi connectivity index (χ0) is 25.2. The number of hydrogen-bond acceptors (Lipinski definition) is 8. The molecule has 0 bridgehead atoms. The number of esters is 2. The molecule has 8 nitrogen and oxygen atoms in total. The van der Waals surface area contributed by atoms with Crippen molar-refractivity contribution in [2.45, 2.75) is 45.6 Å². The van der Waals surface area contributed by atoms with Gasteiger partial charge in [-0.3, -0.25) is 9.78 Å². The number of likely N-dealkylation sites (N-methyl/N-ethyl adjacent to an activating group) is 1. The van der Waals surface area contributed by atoms with E-state index in [1.165, 1.54) is 11.3 Å². The van der Waals surface area contributed by atoms with Gasteiger partial charge in [-0.05, 0) is 51.3 Å². The van der Waals surface area contributed by atoms with E-state index in [4.69, 9.17) is 14.5 Å². The maximum atomic E-state index is 13.3. The Kier molecular flexibility index (Phi) is 7.02. The lowest BCUT2D eigenvalue weighted by atomic mass is 9.95. The molecule has 2 aromatic heterocycles. The maximum absolute atomic E-state index is 13.3. The molecule has 3 aromatic rings. The molecule has 1 N–H and O–H groups in total. The van der Waals surface area contributed by atoms with E-state index in [2.05, 4.69) is 10.2 Å². The van der Waals surface area contributed by atoms with Gasteiger partial charge in [-0.2, -0.15) is 0 Å². The van der Waals surface area contributed by atoms with E-state index in [-0.39, 0.29) is 6.61 Å². The molecule has 1 amide bonds. The van der Waals surface area contributed by atoms with Crippen LogP contribution in [0.25, 0.3) is 10.9 Å². The molecular weight excluding hydrogens is 478 g/mol. The molecule has 188 valence electrons. The van der Waals surface area contributed by atoms with Crippen LogP contribution in [-0.2, 0) is 40.1 Å². The van der Waals surface area contributed by atoms with Gasteiger partial charge in [0.25, 0.3) is 5.91 Å². The van der Waals surface area contributed by atoms with Crippen LogP contribution >= 0.6 is 11.3 Å². The Balaban J connectivity index is 1.36. The van der Waals surface area contributed by atoms with Crippen LogP contribution in [0.15, 0.2) is 24.3 Å². The summed E-state index contributed by atoms with van der Waals surface area (Å²) in [5.41, 5.74) is 4.36. The number of ether oxygens (including phenoxy) is 2. The second-order valence-electron chi connectivity index (χ2n) is 9.18. The lowest BCUT2D eigenvalue weighted by Gasteiger charge is -2.26. The molecule has 5 rings (SSSR count). The van der Waals surface area contributed by atoms with Crippen LogP contribution < -0.4 is 5.32 Å². The molecule has 0 radical (unpaired) electrons. The summed E-state index contributed by atoms with van der Waals surface area (Å²) >= 11 is 1.41. The quantitative estimate of drug-likeness (QED) is 0.501. The first-order valence-electron chi connectivity index (χ1n) is 12.3. The van der Waals surface area contributed by atoms with Crippen molar-refractivity contribution in [2.75, 3.05) is 32.1 Å². The number of amides is 1. The minimum absolute atomic E-state index is 0.258. The number of nitrogens with zero attached hydrogens (tertiary/aromatic N) is 2. The highest BCUT2D eigenvalue weighted by Crippen LogP contribution is 2.38. The van der Waals surface area contributed by atoms with E-state index in [1.54, 1.807) is 6.92 Å². The molecule has 0 saturated heterocycles. The third-order valence-electron chi connectivity index (χ3n) is 6.68. The number of thiophene rings is 1. The van der Waals surface area contributed by atoms with Gasteiger partial charge >= 0.3 is 11.9 Å². The first kappa shape index (κ1) is 24.4. The highest BCUT2D eigenvalue weighted by atomic mass is 32.1. The summed E-state index contributed by atoms with van der Waals surface area (Å²) in [6.45, 7) is 3.02. The van der Waals surface area contributed by atoms with Crippen molar-refractivity contribution in [2.24, 2.45) is 0 Å². The summed E-state index contributed by atoms with van der Waals surface area (Å²) < 4.78 is 10.8. The predicted molar refractivity (Wildman–Crippen MR) is 138 cm³/mol. The molecule has 0 atom stereocenters. The number of fused-ring (bicyclic) bond motifs is 3. The number of carbonyl (C=O) groups is 3. The van der Waals surface area contributed by atoms with Crippen LogP contribution in [-0.4, -0.2) is 54.5 Å². The lowest BCUT2D eigenvalue weighted by Crippen LogP contribution is -2.30. The van der Waals surface area contributed by atoms with Crippen molar-refractivity contribution in [1.82, 2.24) is 9.88 Å². The molecule has 36 heavy (non-hydrogen) atoms. The van der Waals surface area contributed by atoms with Crippen LogP contribution in [0.2, 0.25) is 0 Å². The van der Waals surface area contributed by atoms with E-state index in [0.29, 0.717) is 28.1 Å². The van der Waals surface area contributed by atoms with E-state index in [0.717, 1.165) is 65.9 Å². The van der Waals surface area contributed by atoms with Crippen LogP contribution in [0.1, 0.15) is 62.2 Å². The van der Waals surface area contributed by atoms with Gasteiger partial charge in [0.05, 0.1) is 23.3 Å². The van der Waals surface area contributed by atoms with Gasteiger partial charge in [0.2, 0.25) is 0 Å². The fourth-order valence-corrected chi connectivity index (χ4v) is 6.29. The number of aryl methyl sites for hydroxylation is 1. The first-order valence-corrected chi connectivity index (χ1v) is 13.2. The highest BCUT2D eigenvalue weighted by molar-refractivity contribution is 7.17. The van der Waals surface area contributed by atoms with Gasteiger partial charge in [-0.25, -0.2) is 9.59 Å². The molecule has 0 spiro atoms. The maximum Gasteiger partial charge on any atom is 0.341 e. The van der Waals surface area contributed by atoms with Crippen molar-refractivity contribution >= 4 is 45.1 Å². The number of anilines is 1. The van der Waals surface area contributed by atoms with E-state index >= 15 is 0 Å². The average molecular weight is 508 g/mol. The molecule has 2 aliphatic rings. The van der Waals surface area contributed by atoms with Crippen LogP contribution in [0.3, 0.4) is 0 Å². The summed E-state index contributed by atoms with van der Waals surface area (Å²) in [6, 6.07) is 7.49. The third kappa shape index (κ3) is 4.73. The largest absolute Gasteiger partial charge is 0.462 e. The Morgan fingerprint density at radius 1 is 1.03 bits per heavy atom. The molecule has 0 unspecified atom stereocenters. The van der Waals surface area contributed by atoms with Gasteiger partial charge in [0.1, 0.15) is 5.00 Å². The van der Waals surface area contributed by atoms with Crippen LogP contribution in [0, 0.1) is 0 Å². The molecule has 1 aliphatic carbocycles. The SMILES string of the molecule is CCOC(=O)c1c(NC(=O)COC(=O)c2c3c(nc4ccccc24)CCN(C)C3)sc2c1CCCC2. The second kappa shape index (κ2) is 10.4. The second-order valence-corrected chi connectivity index (χ2v) is 10.3. The van der Waals surface area contributed by atoms with E-state index in [9.17, 15) is 14.4 Å². The Hall–Kier alpha value is -3.30. The monoisotopic (exact) mass is 507 g/mol. The van der Waals surface area contributed by atoms with Gasteiger partial charge in [0, 0.05) is 41.0 Å². The molecule has 1 aromatic carbocycles. The minimum Gasteiger partial charge on any atom is -0.462 e. The van der Waals surface area contributed by atoms with Crippen molar-refractivity contribution in [1.29, 1.82) is 0 Å². The summed E-state index contributed by atoms with van der Waals surface area (Å²) in [7, 11) is 2.00. The zero-order valence-corrected chi connectivity index (χ0v) is 21.3. The number of benzene rings is 1. The average Bonchev–Trinajstić information content (AvgIpc) is 3.23. The summed E-state index contributed by atoms with van der Waals surface area (Å²) in [4.78, 5) is 46.8. The number of rotatable bonds is 6. The number of pyridine rings is 1. The normalized spacial score (nSPS) is 15.2. The summed E-state index contributed by atoms with van der Waals surface area (Å²) in [5, 5.41) is 3.98. The highest BCUT2D eigenvalue weighted by Gasteiger charge is 2.29. The number of para-hydroxylation sites is 1. The molecule has 0 saturated carbocycles. The van der Waals surface area contributed by atoms with Gasteiger partial charge < -0.3 is 19.7 Å². The van der Waals surface area contributed by atoms with Crippen LogP contribution in [0.5, 0.6) is 0 Å². The van der Waals surface area contributed by atoms with E-state index < -0.39 is 24.5 Å². The number of aromatic nitrogens is 1. The first-order chi connectivity index (χ1) is 17.5. The smallest absolute Gasteiger partial charge is 0.341 e. The van der Waals surface area contributed by atoms with Gasteiger partial charge in [-0.1, -0.05) is 18.2 Å². The van der Waals surface area contributed by atoms with Crippen molar-refractivity contribution < 1.29 is 23.9 Å². The zero-order valence-electron chi connectivity index (χ0n) is 20.5. The minimum atomic E-state index is -0.550. The lowest BCUT2D eigenvalue weighted by molar-refractivity contribution is -0.119. The Morgan fingerprint density at radius 2 is 1.81 bits per heavy atom. The molecular formula is C27H29N3O5S. The summed E-state index contributed by atoms with van der Waals surface area (Å²) in [6.07, 6.45) is 4.48. The molecule has 0 fully saturated rings. The van der Waals surface area contributed by atoms with Gasteiger partial charge in [0.15, 0.2) is 6.61 Å². The predicted octanol–water partition coefficient (Wildman–Crippen LogP) is 4.14. The third-order valence-corrected chi connectivity index (χ3v) is 7.89. The number of nitrogens with one attached hydrogen (secondary N) is 1. The number of carbonyl (C=O) groups excluding carboxylic acids is 3. The standard InChI is InChI=1S/C27H29N3O5S/c1-3-34-27(33)24-17-9-5-7-11-21(17)36-25(24)29-22(31)15-35-26(32)23-16-8-4-6-10-19(16)28-20-12-13-30(2)14-18(20)23/h4,6,8,10H,3,5,7,9,11-15H2,1-2H3,(H,29,31). The molecule has 9 heteroatoms. The fourth-order valence-electron chi connectivity index (χ4n) is 5.00. The Bertz CT molecular complexity index is 1350. The number of hydrogen-bond donors (Lipinski definition) is 1. The van der Waals surface area contributed by atoms with Crippen molar-refractivity contribution in [3.63, 3.8) is 0 Å². The van der Waals surface area contributed by atoms with E-state index in [1.807, 2.05) is 31.3 Å². The van der Waals surface area contributed by atoms with Crippen molar-refractivity contribution in [3.8, 4) is 0 Å². The van der Waals surface area contributed by atoms with Gasteiger partial charge in [-0.15, -0.1) is 11.3 Å². The Morgan fingerprint density at radius 3 is 2.64 bits per heavy atom. The summed E-state index contributed by atoms with van der Waals surface area (Å²) in [5.74, 6) is -1.47. The molecule has 1 aliphatic heterocycles. The topological polar surface area (TPSA) is 97.8 Å². The fraction of sp³-hybridized carbons (Fsp3) is 0.407. The Labute approximate surface area is 213 Å².